The fourth-order valence-corrected chi connectivity index (χ4v) is 2.26. The molecule has 1 atom stereocenters. The Morgan fingerprint density at radius 2 is 2.00 bits per heavy atom. The van der Waals surface area contributed by atoms with Crippen LogP contribution in [-0.2, 0) is 0 Å². The topological polar surface area (TPSA) is 63.8 Å². The molecule has 1 saturated carbocycles. The maximum atomic E-state index is 5.85. The van der Waals surface area contributed by atoms with Crippen molar-refractivity contribution in [3.63, 3.8) is 0 Å². The normalized spacial score (nSPS) is 15.8. The van der Waals surface area contributed by atoms with Gasteiger partial charge in [0.05, 0.1) is 0 Å². The summed E-state index contributed by atoms with van der Waals surface area (Å²) in [5.74, 6) is 3.22. The highest BCUT2D eigenvalue weighted by atomic mass is 15.1. The third-order valence-corrected chi connectivity index (χ3v) is 3.66. The number of aromatic nitrogens is 2. The maximum absolute atomic E-state index is 5.85. The fourth-order valence-electron chi connectivity index (χ4n) is 2.26. The summed E-state index contributed by atoms with van der Waals surface area (Å²) in [6.45, 7) is 3.04. The van der Waals surface area contributed by atoms with Crippen LogP contribution in [0.25, 0.3) is 0 Å². The van der Waals surface area contributed by atoms with Crippen LogP contribution in [0.15, 0.2) is 36.4 Å². The molecule has 1 aliphatic carbocycles. The minimum absolute atomic E-state index is 0.428. The molecule has 104 valence electrons. The van der Waals surface area contributed by atoms with Crippen LogP contribution in [0.3, 0.4) is 0 Å². The summed E-state index contributed by atoms with van der Waals surface area (Å²) in [4.78, 5) is 8.87. The summed E-state index contributed by atoms with van der Waals surface area (Å²) < 4.78 is 0. The molecule has 0 radical (unpaired) electrons. The Labute approximate surface area is 119 Å². The minimum atomic E-state index is 0.428. The zero-order chi connectivity index (χ0) is 13.9. The lowest BCUT2D eigenvalue weighted by molar-refractivity contribution is 0.798. The molecule has 0 bridgehead atoms. The van der Waals surface area contributed by atoms with Gasteiger partial charge in [-0.25, -0.2) is 9.97 Å². The quantitative estimate of drug-likeness (QED) is 0.874. The molecule has 2 aromatic rings. The first-order valence-electron chi connectivity index (χ1n) is 7.15. The molecule has 3 N–H and O–H groups in total. The molecule has 1 aliphatic rings. The van der Waals surface area contributed by atoms with Gasteiger partial charge in [-0.05, 0) is 24.3 Å². The molecule has 1 unspecified atom stereocenters. The van der Waals surface area contributed by atoms with Gasteiger partial charge in [0, 0.05) is 18.5 Å². The van der Waals surface area contributed by atoms with E-state index in [1.165, 1.54) is 18.4 Å². The van der Waals surface area contributed by atoms with Gasteiger partial charge in [-0.15, -0.1) is 0 Å². The van der Waals surface area contributed by atoms with Gasteiger partial charge in [-0.3, -0.25) is 0 Å². The lowest BCUT2D eigenvalue weighted by atomic mass is 10.0. The summed E-state index contributed by atoms with van der Waals surface area (Å²) in [6, 6.07) is 12.3. The number of benzene rings is 1. The highest BCUT2D eigenvalue weighted by Crippen LogP contribution is 2.38. The van der Waals surface area contributed by atoms with Gasteiger partial charge in [-0.1, -0.05) is 37.3 Å². The summed E-state index contributed by atoms with van der Waals surface area (Å²) in [6.07, 6.45) is 2.37. The second kappa shape index (κ2) is 5.49. The number of nitrogen functional groups attached to an aromatic ring is 1. The van der Waals surface area contributed by atoms with E-state index in [-0.39, 0.29) is 0 Å². The van der Waals surface area contributed by atoms with Crippen LogP contribution in [0.5, 0.6) is 0 Å². The van der Waals surface area contributed by atoms with E-state index in [4.69, 9.17) is 5.73 Å². The Morgan fingerprint density at radius 1 is 1.25 bits per heavy atom. The van der Waals surface area contributed by atoms with Crippen LogP contribution in [0, 0.1) is 0 Å². The highest BCUT2D eigenvalue weighted by Gasteiger charge is 2.27. The molecule has 0 spiro atoms. The predicted octanol–water partition coefficient (Wildman–Crippen LogP) is 3.15. The maximum Gasteiger partial charge on any atom is 0.136 e. The molecule has 1 aromatic heterocycles. The Morgan fingerprint density at radius 3 is 2.70 bits per heavy atom. The van der Waals surface area contributed by atoms with E-state index in [1.54, 1.807) is 0 Å². The van der Waals surface area contributed by atoms with Crippen molar-refractivity contribution in [2.24, 2.45) is 0 Å². The number of nitrogens with one attached hydrogen (secondary N) is 1. The first-order valence-corrected chi connectivity index (χ1v) is 7.15. The molecule has 1 aromatic carbocycles. The van der Waals surface area contributed by atoms with Gasteiger partial charge in [0.15, 0.2) is 0 Å². The molecule has 1 heterocycles. The molecule has 4 nitrogen and oxygen atoms in total. The Balaban J connectivity index is 1.66. The van der Waals surface area contributed by atoms with Gasteiger partial charge in [-0.2, -0.15) is 0 Å². The van der Waals surface area contributed by atoms with Gasteiger partial charge in [0.25, 0.3) is 0 Å². The summed E-state index contributed by atoms with van der Waals surface area (Å²) in [5, 5.41) is 3.38. The lowest BCUT2D eigenvalue weighted by Gasteiger charge is -2.14. The summed E-state index contributed by atoms with van der Waals surface area (Å²) in [5.41, 5.74) is 7.17. The van der Waals surface area contributed by atoms with Crippen LogP contribution in [-0.4, -0.2) is 16.5 Å². The number of rotatable bonds is 5. The Kier molecular flexibility index (Phi) is 3.54. The van der Waals surface area contributed by atoms with E-state index in [1.807, 2.05) is 12.1 Å². The van der Waals surface area contributed by atoms with Crippen molar-refractivity contribution in [2.45, 2.75) is 31.6 Å². The zero-order valence-electron chi connectivity index (χ0n) is 11.7. The number of hydrogen-bond donors (Lipinski definition) is 2. The number of nitrogens with two attached hydrogens (primary N) is 1. The van der Waals surface area contributed by atoms with Crippen molar-refractivity contribution in [1.82, 2.24) is 9.97 Å². The van der Waals surface area contributed by atoms with Crippen molar-refractivity contribution in [2.75, 3.05) is 17.6 Å². The predicted molar refractivity (Wildman–Crippen MR) is 81.8 cm³/mol. The van der Waals surface area contributed by atoms with Crippen molar-refractivity contribution in [3.8, 4) is 0 Å². The lowest BCUT2D eigenvalue weighted by Crippen LogP contribution is -2.12. The third kappa shape index (κ3) is 3.07. The standard InChI is InChI=1S/C16H20N4/c1-11(12-5-3-2-4-6-12)10-18-15-9-14(17)19-16(20-15)13-7-8-13/h2-6,9,11,13H,7-8,10H2,1H3,(H3,17,18,19,20). The van der Waals surface area contributed by atoms with Gasteiger partial charge >= 0.3 is 0 Å². The molecule has 0 amide bonds. The van der Waals surface area contributed by atoms with Crippen molar-refractivity contribution in [3.05, 3.63) is 47.8 Å². The molecular weight excluding hydrogens is 248 g/mol. The van der Waals surface area contributed by atoms with E-state index >= 15 is 0 Å². The monoisotopic (exact) mass is 268 g/mol. The van der Waals surface area contributed by atoms with Crippen LogP contribution in [0.4, 0.5) is 11.6 Å². The zero-order valence-corrected chi connectivity index (χ0v) is 11.7. The van der Waals surface area contributed by atoms with E-state index in [0.29, 0.717) is 17.7 Å². The van der Waals surface area contributed by atoms with E-state index in [0.717, 1.165) is 18.2 Å². The first kappa shape index (κ1) is 12.9. The number of anilines is 2. The Hall–Kier alpha value is -2.10. The van der Waals surface area contributed by atoms with E-state index in [2.05, 4.69) is 46.5 Å². The molecule has 0 aliphatic heterocycles. The summed E-state index contributed by atoms with van der Waals surface area (Å²) >= 11 is 0. The van der Waals surface area contributed by atoms with Crippen LogP contribution < -0.4 is 11.1 Å². The highest BCUT2D eigenvalue weighted by molar-refractivity contribution is 5.45. The summed E-state index contributed by atoms with van der Waals surface area (Å²) in [7, 11) is 0. The van der Waals surface area contributed by atoms with Crippen molar-refractivity contribution >= 4 is 11.6 Å². The largest absolute Gasteiger partial charge is 0.384 e. The number of hydrogen-bond acceptors (Lipinski definition) is 4. The van der Waals surface area contributed by atoms with E-state index in [9.17, 15) is 0 Å². The van der Waals surface area contributed by atoms with Crippen LogP contribution in [0.2, 0.25) is 0 Å². The van der Waals surface area contributed by atoms with Crippen LogP contribution >= 0.6 is 0 Å². The molecular formula is C16H20N4. The van der Waals surface area contributed by atoms with Crippen molar-refractivity contribution in [1.29, 1.82) is 0 Å². The molecule has 20 heavy (non-hydrogen) atoms. The fraction of sp³-hybridized carbons (Fsp3) is 0.375. The smallest absolute Gasteiger partial charge is 0.136 e. The number of nitrogens with zero attached hydrogens (tertiary/aromatic N) is 2. The van der Waals surface area contributed by atoms with Gasteiger partial charge in [0.2, 0.25) is 0 Å². The average molecular weight is 268 g/mol. The van der Waals surface area contributed by atoms with Crippen molar-refractivity contribution < 1.29 is 0 Å². The van der Waals surface area contributed by atoms with Crippen LogP contribution in [0.1, 0.15) is 43.0 Å². The minimum Gasteiger partial charge on any atom is -0.384 e. The third-order valence-electron chi connectivity index (χ3n) is 3.66. The first-order chi connectivity index (χ1) is 9.72. The SMILES string of the molecule is CC(CNc1cc(N)nc(C2CC2)n1)c1ccccc1. The molecule has 1 fully saturated rings. The second-order valence-corrected chi connectivity index (χ2v) is 5.50. The Bertz CT molecular complexity index is 578. The van der Waals surface area contributed by atoms with Gasteiger partial charge in [0.1, 0.15) is 17.5 Å². The average Bonchev–Trinajstić information content (AvgIpc) is 3.30. The molecule has 0 saturated heterocycles. The second-order valence-electron chi connectivity index (χ2n) is 5.50. The van der Waals surface area contributed by atoms with Gasteiger partial charge < -0.3 is 11.1 Å². The molecule has 4 heteroatoms. The van der Waals surface area contributed by atoms with E-state index < -0.39 is 0 Å². The molecule has 3 rings (SSSR count).